The SMILES string of the molecule is O=C(O)c1ccsc1C#CCCS. The summed E-state index contributed by atoms with van der Waals surface area (Å²) in [7, 11) is 0. The van der Waals surface area contributed by atoms with Gasteiger partial charge in [0, 0.05) is 12.2 Å². The number of hydrogen-bond acceptors (Lipinski definition) is 3. The van der Waals surface area contributed by atoms with Crippen molar-refractivity contribution in [1.29, 1.82) is 0 Å². The lowest BCUT2D eigenvalue weighted by molar-refractivity contribution is 0.0697. The maximum Gasteiger partial charge on any atom is 0.337 e. The Hall–Kier alpha value is -0.920. The highest BCUT2D eigenvalue weighted by atomic mass is 32.1. The van der Waals surface area contributed by atoms with Gasteiger partial charge in [-0.1, -0.05) is 11.8 Å². The van der Waals surface area contributed by atoms with Crippen LogP contribution in [0.3, 0.4) is 0 Å². The van der Waals surface area contributed by atoms with E-state index in [2.05, 4.69) is 24.5 Å². The van der Waals surface area contributed by atoms with Gasteiger partial charge in [-0.15, -0.1) is 11.3 Å². The van der Waals surface area contributed by atoms with E-state index in [0.29, 0.717) is 17.1 Å². The molecule has 0 saturated carbocycles. The first kappa shape index (κ1) is 10.2. The molecule has 1 aromatic rings. The number of thiophene rings is 1. The van der Waals surface area contributed by atoms with Crippen LogP contribution in [-0.2, 0) is 0 Å². The molecule has 1 N–H and O–H groups in total. The van der Waals surface area contributed by atoms with Crippen molar-refractivity contribution in [3.05, 3.63) is 21.9 Å². The van der Waals surface area contributed by atoms with Gasteiger partial charge >= 0.3 is 5.97 Å². The Kier molecular flexibility index (Phi) is 3.87. The zero-order chi connectivity index (χ0) is 9.68. The normalized spacial score (nSPS) is 9.00. The number of hydrogen-bond donors (Lipinski definition) is 2. The van der Waals surface area contributed by atoms with Crippen LogP contribution in [0.25, 0.3) is 0 Å². The van der Waals surface area contributed by atoms with E-state index in [1.165, 1.54) is 11.3 Å². The van der Waals surface area contributed by atoms with E-state index in [9.17, 15) is 4.79 Å². The van der Waals surface area contributed by atoms with Gasteiger partial charge in [0.25, 0.3) is 0 Å². The highest BCUT2D eigenvalue weighted by molar-refractivity contribution is 7.80. The van der Waals surface area contributed by atoms with Crippen molar-refractivity contribution < 1.29 is 9.90 Å². The van der Waals surface area contributed by atoms with Gasteiger partial charge in [-0.05, 0) is 11.4 Å². The Morgan fingerprint density at radius 1 is 1.69 bits per heavy atom. The third-order valence-corrected chi connectivity index (χ3v) is 2.39. The second kappa shape index (κ2) is 4.95. The fourth-order valence-electron chi connectivity index (χ4n) is 0.773. The average molecular weight is 212 g/mol. The van der Waals surface area contributed by atoms with Gasteiger partial charge in [-0.2, -0.15) is 12.6 Å². The predicted molar refractivity (Wildman–Crippen MR) is 56.6 cm³/mol. The van der Waals surface area contributed by atoms with E-state index in [4.69, 9.17) is 5.11 Å². The van der Waals surface area contributed by atoms with Gasteiger partial charge in [0.05, 0.1) is 10.4 Å². The number of carboxylic acid groups (broad SMARTS) is 1. The van der Waals surface area contributed by atoms with Crippen LogP contribution in [0.15, 0.2) is 11.4 Å². The summed E-state index contributed by atoms with van der Waals surface area (Å²) in [6.45, 7) is 0. The van der Waals surface area contributed by atoms with Gasteiger partial charge in [-0.25, -0.2) is 4.79 Å². The molecule has 1 aromatic heterocycles. The van der Waals surface area contributed by atoms with Gasteiger partial charge in [-0.3, -0.25) is 0 Å². The summed E-state index contributed by atoms with van der Waals surface area (Å²) < 4.78 is 0. The maximum absolute atomic E-state index is 10.6. The zero-order valence-corrected chi connectivity index (χ0v) is 8.49. The number of carboxylic acids is 1. The highest BCUT2D eigenvalue weighted by Crippen LogP contribution is 2.15. The second-order valence-corrected chi connectivity index (χ2v) is 3.61. The highest BCUT2D eigenvalue weighted by Gasteiger charge is 2.08. The first-order valence-electron chi connectivity index (χ1n) is 3.66. The van der Waals surface area contributed by atoms with Crippen LogP contribution in [-0.4, -0.2) is 16.8 Å². The number of thiol groups is 1. The van der Waals surface area contributed by atoms with Crippen LogP contribution >= 0.6 is 24.0 Å². The van der Waals surface area contributed by atoms with Crippen LogP contribution in [0.2, 0.25) is 0 Å². The van der Waals surface area contributed by atoms with Crippen LogP contribution in [0.5, 0.6) is 0 Å². The van der Waals surface area contributed by atoms with Crippen molar-refractivity contribution in [3.63, 3.8) is 0 Å². The average Bonchev–Trinajstić information content (AvgIpc) is 2.53. The molecule has 0 spiro atoms. The maximum atomic E-state index is 10.6. The van der Waals surface area contributed by atoms with Gasteiger partial charge in [0.2, 0.25) is 0 Å². The minimum absolute atomic E-state index is 0.289. The van der Waals surface area contributed by atoms with E-state index in [0.717, 1.165) is 0 Å². The molecule has 1 heterocycles. The van der Waals surface area contributed by atoms with Gasteiger partial charge < -0.3 is 5.11 Å². The van der Waals surface area contributed by atoms with Crippen LogP contribution in [0.1, 0.15) is 21.7 Å². The molecule has 0 bridgehead atoms. The Bertz CT molecular complexity index is 357. The molecule has 0 fully saturated rings. The Morgan fingerprint density at radius 2 is 2.46 bits per heavy atom. The molecule has 0 radical (unpaired) electrons. The Balaban J connectivity index is 2.84. The van der Waals surface area contributed by atoms with Gasteiger partial charge in [0.1, 0.15) is 0 Å². The molecule has 0 amide bonds. The van der Waals surface area contributed by atoms with Crippen molar-refractivity contribution >= 4 is 29.9 Å². The largest absolute Gasteiger partial charge is 0.478 e. The smallest absolute Gasteiger partial charge is 0.337 e. The topological polar surface area (TPSA) is 37.3 Å². The molecule has 0 saturated heterocycles. The Morgan fingerprint density at radius 3 is 3.08 bits per heavy atom. The quantitative estimate of drug-likeness (QED) is 0.582. The molecule has 0 aliphatic carbocycles. The summed E-state index contributed by atoms with van der Waals surface area (Å²) in [5.41, 5.74) is 0.289. The third kappa shape index (κ3) is 2.79. The predicted octanol–water partition coefficient (Wildman–Crippen LogP) is 2.12. The summed E-state index contributed by atoms with van der Waals surface area (Å²) >= 11 is 5.35. The van der Waals surface area contributed by atoms with E-state index in [1.807, 2.05) is 0 Å². The first-order valence-corrected chi connectivity index (χ1v) is 5.17. The summed E-state index contributed by atoms with van der Waals surface area (Å²) in [6, 6.07) is 1.57. The lowest BCUT2D eigenvalue weighted by Crippen LogP contribution is -1.95. The lowest BCUT2D eigenvalue weighted by Gasteiger charge is -1.87. The third-order valence-electron chi connectivity index (χ3n) is 1.33. The fourth-order valence-corrected chi connectivity index (χ4v) is 1.64. The van der Waals surface area contributed by atoms with Crippen molar-refractivity contribution in [2.24, 2.45) is 0 Å². The number of carbonyl (C=O) groups is 1. The minimum atomic E-state index is -0.920. The van der Waals surface area contributed by atoms with Crippen molar-refractivity contribution in [3.8, 4) is 11.8 Å². The number of rotatable bonds is 2. The monoisotopic (exact) mass is 212 g/mol. The van der Waals surface area contributed by atoms with Crippen LogP contribution in [0, 0.1) is 11.8 Å². The molecule has 0 aromatic carbocycles. The standard InChI is InChI=1S/C9H8O2S2/c10-9(11)7-4-6-13-8(7)3-1-2-5-12/h4,6,12H,2,5H2,(H,10,11). The summed E-state index contributed by atoms with van der Waals surface area (Å²) in [5.74, 6) is 5.44. The first-order chi connectivity index (χ1) is 6.25. The zero-order valence-electron chi connectivity index (χ0n) is 6.78. The molecule has 13 heavy (non-hydrogen) atoms. The molecule has 0 atom stereocenters. The molecule has 4 heteroatoms. The fraction of sp³-hybridized carbons (Fsp3) is 0.222. The summed E-state index contributed by atoms with van der Waals surface area (Å²) in [4.78, 5) is 11.3. The van der Waals surface area contributed by atoms with Crippen molar-refractivity contribution in [2.75, 3.05) is 5.75 Å². The molecular weight excluding hydrogens is 204 g/mol. The minimum Gasteiger partial charge on any atom is -0.478 e. The van der Waals surface area contributed by atoms with Crippen LogP contribution < -0.4 is 0 Å². The Labute approximate surface area is 86.0 Å². The van der Waals surface area contributed by atoms with Crippen LogP contribution in [0.4, 0.5) is 0 Å². The molecule has 0 unspecified atom stereocenters. The molecule has 0 aliphatic heterocycles. The van der Waals surface area contributed by atoms with Crippen molar-refractivity contribution in [1.82, 2.24) is 0 Å². The molecule has 68 valence electrons. The molecule has 1 rings (SSSR count). The second-order valence-electron chi connectivity index (χ2n) is 2.24. The molecular formula is C9H8O2S2. The summed E-state index contributed by atoms with van der Waals surface area (Å²) in [6.07, 6.45) is 0.681. The molecule has 0 aliphatic rings. The van der Waals surface area contributed by atoms with E-state index < -0.39 is 5.97 Å². The summed E-state index contributed by atoms with van der Waals surface area (Å²) in [5, 5.41) is 10.5. The van der Waals surface area contributed by atoms with E-state index >= 15 is 0 Å². The number of aromatic carboxylic acids is 1. The van der Waals surface area contributed by atoms with E-state index in [-0.39, 0.29) is 5.56 Å². The molecule has 2 nitrogen and oxygen atoms in total. The van der Waals surface area contributed by atoms with Crippen molar-refractivity contribution in [2.45, 2.75) is 6.42 Å². The lowest BCUT2D eigenvalue weighted by atomic mass is 10.2. The van der Waals surface area contributed by atoms with E-state index in [1.54, 1.807) is 11.4 Å². The van der Waals surface area contributed by atoms with Gasteiger partial charge in [0.15, 0.2) is 0 Å².